The van der Waals surface area contributed by atoms with Crippen molar-refractivity contribution in [3.8, 4) is 0 Å². The molecule has 9 nitrogen and oxygen atoms in total. The summed E-state index contributed by atoms with van der Waals surface area (Å²) in [7, 11) is 0. The summed E-state index contributed by atoms with van der Waals surface area (Å²) in [5.41, 5.74) is 0.914. The lowest BCUT2D eigenvalue weighted by Crippen LogP contribution is -2.25. The lowest BCUT2D eigenvalue weighted by atomic mass is 10.1. The number of nitro benzene ring substituents is 1. The number of amides is 1. The van der Waals surface area contributed by atoms with Gasteiger partial charge in [-0.1, -0.05) is 6.07 Å². The largest absolute Gasteiger partial charge is 0.481 e. The van der Waals surface area contributed by atoms with Crippen LogP contribution >= 0.6 is 0 Å². The van der Waals surface area contributed by atoms with Gasteiger partial charge in [-0.25, -0.2) is 0 Å². The van der Waals surface area contributed by atoms with E-state index < -0.39 is 16.8 Å². The van der Waals surface area contributed by atoms with Crippen molar-refractivity contribution < 1.29 is 19.6 Å². The third-order valence-electron chi connectivity index (χ3n) is 3.81. The average molecular weight is 372 g/mol. The molecule has 0 spiro atoms. The smallest absolute Gasteiger partial charge is 0.303 e. The Hall–Kier alpha value is -3.49. The number of hydrogen-bond acceptors (Lipinski definition) is 6. The Kier molecular flexibility index (Phi) is 6.81. The molecule has 1 amide bonds. The highest BCUT2D eigenvalue weighted by atomic mass is 16.6. The summed E-state index contributed by atoms with van der Waals surface area (Å²) < 4.78 is 0. The summed E-state index contributed by atoms with van der Waals surface area (Å²) >= 11 is 0. The quantitative estimate of drug-likeness (QED) is 0.350. The van der Waals surface area contributed by atoms with Crippen molar-refractivity contribution in [3.05, 3.63) is 64.0 Å². The molecule has 0 fully saturated rings. The van der Waals surface area contributed by atoms with Crippen LogP contribution in [0.4, 0.5) is 11.4 Å². The summed E-state index contributed by atoms with van der Waals surface area (Å²) in [6, 6.07) is 9.30. The van der Waals surface area contributed by atoms with Crippen LogP contribution in [-0.2, 0) is 4.79 Å². The minimum atomic E-state index is -0.947. The second-order valence-electron chi connectivity index (χ2n) is 5.86. The van der Waals surface area contributed by atoms with E-state index in [4.69, 9.17) is 5.11 Å². The molecule has 1 atom stereocenters. The fourth-order valence-corrected chi connectivity index (χ4v) is 2.43. The molecule has 1 aromatic carbocycles. The van der Waals surface area contributed by atoms with Crippen LogP contribution in [0.1, 0.15) is 41.9 Å². The number of aromatic nitrogens is 1. The molecule has 1 heterocycles. The van der Waals surface area contributed by atoms with Crippen LogP contribution in [0.3, 0.4) is 0 Å². The molecule has 142 valence electrons. The van der Waals surface area contributed by atoms with E-state index in [1.54, 1.807) is 12.3 Å². The van der Waals surface area contributed by atoms with E-state index in [0.717, 1.165) is 5.69 Å². The first-order valence-electron chi connectivity index (χ1n) is 8.34. The van der Waals surface area contributed by atoms with E-state index in [2.05, 4.69) is 15.6 Å². The number of nitrogens with one attached hydrogen (secondary N) is 2. The fraction of sp³-hybridized carbons (Fsp3) is 0.278. The predicted molar refractivity (Wildman–Crippen MR) is 98.6 cm³/mol. The van der Waals surface area contributed by atoms with Crippen LogP contribution in [0.2, 0.25) is 0 Å². The Morgan fingerprint density at radius 1 is 1.30 bits per heavy atom. The van der Waals surface area contributed by atoms with Gasteiger partial charge in [-0.2, -0.15) is 0 Å². The van der Waals surface area contributed by atoms with E-state index in [1.165, 1.54) is 18.2 Å². The number of anilines is 1. The number of pyridine rings is 1. The normalized spacial score (nSPS) is 11.4. The van der Waals surface area contributed by atoms with Crippen LogP contribution in [0.15, 0.2) is 42.6 Å². The van der Waals surface area contributed by atoms with Crippen LogP contribution in [0, 0.1) is 10.1 Å². The standard InChI is InChI=1S/C18H20N4O5/c1-12(14-5-2-3-9-19-14)21-15-8-7-13(11-16(15)22(26)27)18(25)20-10-4-6-17(23)24/h2-3,5,7-9,11-12,21H,4,6,10H2,1H3,(H,20,25)(H,23,24). The maximum Gasteiger partial charge on any atom is 0.303 e. The maximum absolute atomic E-state index is 12.1. The number of rotatable bonds is 9. The number of nitro groups is 1. The van der Waals surface area contributed by atoms with Gasteiger partial charge in [-0.3, -0.25) is 24.7 Å². The summed E-state index contributed by atoms with van der Waals surface area (Å²) in [6.07, 6.45) is 1.86. The van der Waals surface area contributed by atoms with E-state index in [0.29, 0.717) is 0 Å². The van der Waals surface area contributed by atoms with Gasteiger partial charge in [0.1, 0.15) is 5.69 Å². The summed E-state index contributed by atoms with van der Waals surface area (Å²) in [4.78, 5) is 37.6. The maximum atomic E-state index is 12.1. The monoisotopic (exact) mass is 372 g/mol. The van der Waals surface area contributed by atoms with Crippen molar-refractivity contribution in [1.82, 2.24) is 10.3 Å². The molecule has 1 aromatic heterocycles. The highest BCUT2D eigenvalue weighted by Gasteiger charge is 2.19. The third kappa shape index (κ3) is 5.77. The van der Waals surface area contributed by atoms with Crippen molar-refractivity contribution in [1.29, 1.82) is 0 Å². The minimum Gasteiger partial charge on any atom is -0.481 e. The van der Waals surface area contributed by atoms with E-state index in [9.17, 15) is 19.7 Å². The predicted octanol–water partition coefficient (Wildman–Crippen LogP) is 2.76. The second-order valence-corrected chi connectivity index (χ2v) is 5.86. The van der Waals surface area contributed by atoms with Crippen LogP contribution in [0.5, 0.6) is 0 Å². The average Bonchev–Trinajstić information content (AvgIpc) is 2.65. The van der Waals surface area contributed by atoms with E-state index in [-0.39, 0.29) is 42.4 Å². The number of carboxylic acid groups (broad SMARTS) is 1. The van der Waals surface area contributed by atoms with Crippen molar-refractivity contribution in [2.75, 3.05) is 11.9 Å². The number of nitrogens with zero attached hydrogens (tertiary/aromatic N) is 2. The minimum absolute atomic E-state index is 0.0608. The van der Waals surface area contributed by atoms with Crippen molar-refractivity contribution in [3.63, 3.8) is 0 Å². The molecule has 0 aliphatic rings. The zero-order valence-electron chi connectivity index (χ0n) is 14.7. The first-order valence-corrected chi connectivity index (χ1v) is 8.34. The molecule has 1 unspecified atom stereocenters. The molecule has 27 heavy (non-hydrogen) atoms. The number of aliphatic carboxylic acids is 1. The number of carbonyl (C=O) groups excluding carboxylic acids is 1. The molecule has 0 aliphatic heterocycles. The zero-order valence-corrected chi connectivity index (χ0v) is 14.7. The lowest BCUT2D eigenvalue weighted by Gasteiger charge is -2.15. The highest BCUT2D eigenvalue weighted by molar-refractivity contribution is 5.95. The summed E-state index contributed by atoms with van der Waals surface area (Å²) in [6.45, 7) is 2.00. The van der Waals surface area contributed by atoms with Gasteiger partial charge >= 0.3 is 5.97 Å². The molecule has 9 heteroatoms. The van der Waals surface area contributed by atoms with Crippen LogP contribution in [-0.4, -0.2) is 33.4 Å². The molecule has 0 saturated heterocycles. The van der Waals surface area contributed by atoms with Gasteiger partial charge in [0.05, 0.1) is 16.7 Å². The Labute approximate surface area is 155 Å². The first kappa shape index (κ1) is 19.8. The number of carbonyl (C=O) groups is 2. The van der Waals surface area contributed by atoms with Gasteiger partial charge in [0.15, 0.2) is 0 Å². The van der Waals surface area contributed by atoms with Crippen molar-refractivity contribution >= 4 is 23.3 Å². The van der Waals surface area contributed by atoms with Gasteiger partial charge in [0.2, 0.25) is 0 Å². The Morgan fingerprint density at radius 3 is 2.70 bits per heavy atom. The molecular formula is C18H20N4O5. The van der Waals surface area contributed by atoms with Crippen molar-refractivity contribution in [2.24, 2.45) is 0 Å². The molecule has 2 rings (SSSR count). The lowest BCUT2D eigenvalue weighted by molar-refractivity contribution is -0.384. The van der Waals surface area contributed by atoms with Crippen LogP contribution in [0.25, 0.3) is 0 Å². The molecular weight excluding hydrogens is 352 g/mol. The summed E-state index contributed by atoms with van der Waals surface area (Å²) in [5.74, 6) is -1.44. The number of hydrogen-bond donors (Lipinski definition) is 3. The van der Waals surface area contributed by atoms with Gasteiger partial charge in [-0.15, -0.1) is 0 Å². The molecule has 3 N–H and O–H groups in total. The van der Waals surface area contributed by atoms with Gasteiger partial charge in [-0.05, 0) is 37.6 Å². The van der Waals surface area contributed by atoms with Crippen molar-refractivity contribution in [2.45, 2.75) is 25.8 Å². The third-order valence-corrected chi connectivity index (χ3v) is 3.81. The van der Waals surface area contributed by atoms with Gasteiger partial charge < -0.3 is 15.7 Å². The molecule has 0 bridgehead atoms. The van der Waals surface area contributed by atoms with E-state index in [1.807, 2.05) is 19.1 Å². The second kappa shape index (κ2) is 9.27. The van der Waals surface area contributed by atoms with E-state index >= 15 is 0 Å². The zero-order chi connectivity index (χ0) is 19.8. The molecule has 0 saturated carbocycles. The van der Waals surface area contributed by atoms with Gasteiger partial charge in [0.25, 0.3) is 11.6 Å². The molecule has 0 radical (unpaired) electrons. The SMILES string of the molecule is CC(Nc1ccc(C(=O)NCCCC(=O)O)cc1[N+](=O)[O-])c1ccccn1. The first-order chi connectivity index (χ1) is 12.9. The molecule has 0 aliphatic carbocycles. The topological polar surface area (TPSA) is 134 Å². The van der Waals surface area contributed by atoms with Crippen LogP contribution < -0.4 is 10.6 Å². The molecule has 2 aromatic rings. The number of benzene rings is 1. The Morgan fingerprint density at radius 2 is 2.07 bits per heavy atom. The highest BCUT2D eigenvalue weighted by Crippen LogP contribution is 2.28. The fourth-order valence-electron chi connectivity index (χ4n) is 2.43. The Balaban J connectivity index is 2.10. The van der Waals surface area contributed by atoms with Gasteiger partial charge in [0, 0.05) is 30.8 Å². The Bertz CT molecular complexity index is 826. The summed E-state index contributed by atoms with van der Waals surface area (Å²) in [5, 5.41) is 25.6. The number of carboxylic acids is 1.